The fourth-order valence-corrected chi connectivity index (χ4v) is 4.00. The Kier molecular flexibility index (Phi) is 22.7. The molecule has 0 radical (unpaired) electrons. The van der Waals surface area contributed by atoms with Gasteiger partial charge in [0.25, 0.3) is 10.1 Å². The molecule has 7 heteroatoms. The van der Waals surface area contributed by atoms with Crippen molar-refractivity contribution in [3.05, 3.63) is 0 Å². The minimum atomic E-state index is -4.48. The zero-order valence-corrected chi connectivity index (χ0v) is 21.6. The standard InChI is InChI=1S/C20H40O5S.K/c1-2-3-4-5-6-7-8-9-10-11-12-13-14-15-16-17-18-19(20(21)22)26(23,24)25;/h19H,2-18H2,1H3,(H,21,22)(H,23,24,25);/q;+1. The summed E-state index contributed by atoms with van der Waals surface area (Å²) in [6, 6.07) is 0. The van der Waals surface area contributed by atoms with E-state index in [1.165, 1.54) is 77.0 Å². The Morgan fingerprint density at radius 2 is 1.00 bits per heavy atom. The summed E-state index contributed by atoms with van der Waals surface area (Å²) in [5, 5.41) is 7.12. The monoisotopic (exact) mass is 431 g/mol. The minimum Gasteiger partial charge on any atom is -0.480 e. The first kappa shape index (κ1) is 30.2. The minimum absolute atomic E-state index is 0. The Bertz CT molecular complexity index is 440. The maximum absolute atomic E-state index is 10.9. The second-order valence-corrected chi connectivity index (χ2v) is 9.03. The third-order valence-corrected chi connectivity index (χ3v) is 6.11. The maximum atomic E-state index is 10.9. The Balaban J connectivity index is 0. The Morgan fingerprint density at radius 3 is 1.26 bits per heavy atom. The molecule has 0 aliphatic carbocycles. The quantitative estimate of drug-likeness (QED) is 0.186. The number of hydrogen-bond donors (Lipinski definition) is 2. The molecular weight excluding hydrogens is 391 g/mol. The van der Waals surface area contributed by atoms with Crippen molar-refractivity contribution in [2.75, 3.05) is 0 Å². The van der Waals surface area contributed by atoms with Crippen LogP contribution in [0.25, 0.3) is 0 Å². The number of unbranched alkanes of at least 4 members (excludes halogenated alkanes) is 15. The van der Waals surface area contributed by atoms with Gasteiger partial charge in [-0.15, -0.1) is 0 Å². The molecule has 27 heavy (non-hydrogen) atoms. The van der Waals surface area contributed by atoms with Crippen LogP contribution in [0.4, 0.5) is 0 Å². The zero-order valence-electron chi connectivity index (χ0n) is 17.6. The molecule has 1 unspecified atom stereocenters. The predicted molar refractivity (Wildman–Crippen MR) is 107 cm³/mol. The molecule has 0 fully saturated rings. The normalized spacial score (nSPS) is 12.5. The fourth-order valence-electron chi connectivity index (χ4n) is 3.28. The number of aliphatic carboxylic acids is 1. The van der Waals surface area contributed by atoms with E-state index < -0.39 is 21.3 Å². The molecule has 0 amide bonds. The largest absolute Gasteiger partial charge is 1.00 e. The molecule has 0 bridgehead atoms. The summed E-state index contributed by atoms with van der Waals surface area (Å²) in [4.78, 5) is 10.8. The van der Waals surface area contributed by atoms with Gasteiger partial charge < -0.3 is 5.11 Å². The van der Waals surface area contributed by atoms with Gasteiger partial charge in [-0.05, 0) is 6.42 Å². The molecule has 0 rings (SSSR count). The van der Waals surface area contributed by atoms with E-state index in [1.807, 2.05) is 0 Å². The number of rotatable bonds is 19. The van der Waals surface area contributed by atoms with Gasteiger partial charge in [-0.3, -0.25) is 9.35 Å². The molecule has 0 saturated carbocycles. The molecule has 5 nitrogen and oxygen atoms in total. The summed E-state index contributed by atoms with van der Waals surface area (Å²) < 4.78 is 30.7. The van der Waals surface area contributed by atoms with Crippen molar-refractivity contribution in [2.45, 2.75) is 121 Å². The van der Waals surface area contributed by atoms with Crippen LogP contribution in [0.3, 0.4) is 0 Å². The van der Waals surface area contributed by atoms with Gasteiger partial charge in [-0.1, -0.05) is 110 Å². The smallest absolute Gasteiger partial charge is 0.480 e. The molecule has 0 spiro atoms. The van der Waals surface area contributed by atoms with E-state index in [-0.39, 0.29) is 57.8 Å². The molecule has 0 aromatic heterocycles. The van der Waals surface area contributed by atoms with E-state index in [1.54, 1.807) is 0 Å². The summed E-state index contributed by atoms with van der Waals surface area (Å²) in [7, 11) is -4.48. The Hall–Kier alpha value is 1.02. The van der Waals surface area contributed by atoms with Crippen LogP contribution in [0, 0.1) is 0 Å². The van der Waals surface area contributed by atoms with Crippen LogP contribution in [0.2, 0.25) is 0 Å². The van der Waals surface area contributed by atoms with Gasteiger partial charge >= 0.3 is 57.4 Å². The van der Waals surface area contributed by atoms with Crippen LogP contribution < -0.4 is 51.4 Å². The van der Waals surface area contributed by atoms with Crippen LogP contribution >= 0.6 is 0 Å². The first-order valence-electron chi connectivity index (χ1n) is 10.6. The number of carboxylic acids is 1. The summed E-state index contributed by atoms with van der Waals surface area (Å²) in [5.74, 6) is -1.46. The predicted octanol–water partition coefficient (Wildman–Crippen LogP) is 2.98. The van der Waals surface area contributed by atoms with Gasteiger partial charge in [0, 0.05) is 0 Å². The van der Waals surface area contributed by atoms with Crippen LogP contribution in [-0.4, -0.2) is 29.3 Å². The summed E-state index contributed by atoms with van der Waals surface area (Å²) in [6.45, 7) is 2.25. The summed E-state index contributed by atoms with van der Waals surface area (Å²) in [6.07, 6.45) is 19.5. The van der Waals surface area contributed by atoms with E-state index in [9.17, 15) is 13.2 Å². The van der Waals surface area contributed by atoms with Crippen LogP contribution in [-0.2, 0) is 14.9 Å². The topological polar surface area (TPSA) is 91.7 Å². The molecule has 0 aliphatic rings. The molecule has 0 aromatic rings. The van der Waals surface area contributed by atoms with E-state index in [0.717, 1.165) is 19.3 Å². The average Bonchev–Trinajstić information content (AvgIpc) is 2.56. The summed E-state index contributed by atoms with van der Waals surface area (Å²) >= 11 is 0. The van der Waals surface area contributed by atoms with Crippen molar-refractivity contribution in [3.63, 3.8) is 0 Å². The molecule has 2 N–H and O–H groups in total. The van der Waals surface area contributed by atoms with Crippen molar-refractivity contribution in [1.82, 2.24) is 0 Å². The number of carboxylic acid groups (broad SMARTS) is 1. The van der Waals surface area contributed by atoms with E-state index in [0.29, 0.717) is 6.42 Å². The van der Waals surface area contributed by atoms with Gasteiger partial charge in [0.1, 0.15) is 0 Å². The molecule has 156 valence electrons. The van der Waals surface area contributed by atoms with Crippen LogP contribution in [0.5, 0.6) is 0 Å². The Morgan fingerprint density at radius 1 is 0.704 bits per heavy atom. The van der Waals surface area contributed by atoms with E-state index >= 15 is 0 Å². The van der Waals surface area contributed by atoms with Crippen molar-refractivity contribution in [2.24, 2.45) is 0 Å². The fraction of sp³-hybridized carbons (Fsp3) is 0.950. The van der Waals surface area contributed by atoms with Crippen LogP contribution in [0.15, 0.2) is 0 Å². The maximum Gasteiger partial charge on any atom is 1.00 e. The Labute approximate surface area is 209 Å². The SMILES string of the molecule is CCCCCCCCCCCCCCCCCCC(C(=O)O)S(=O)(=O)O.[K+]. The number of hydrogen-bond acceptors (Lipinski definition) is 3. The zero-order chi connectivity index (χ0) is 19.7. The van der Waals surface area contributed by atoms with Gasteiger partial charge in [-0.2, -0.15) is 8.42 Å². The second-order valence-electron chi connectivity index (χ2n) is 7.43. The third-order valence-electron chi connectivity index (χ3n) is 4.95. The number of carbonyl (C=O) groups is 1. The molecule has 0 heterocycles. The van der Waals surface area contributed by atoms with Gasteiger partial charge in [0.15, 0.2) is 5.25 Å². The van der Waals surface area contributed by atoms with Gasteiger partial charge in [-0.25, -0.2) is 0 Å². The first-order valence-corrected chi connectivity index (χ1v) is 12.1. The van der Waals surface area contributed by atoms with Crippen molar-refractivity contribution < 1.29 is 74.3 Å². The van der Waals surface area contributed by atoms with Gasteiger partial charge in [0.05, 0.1) is 0 Å². The van der Waals surface area contributed by atoms with E-state index in [4.69, 9.17) is 9.66 Å². The van der Waals surface area contributed by atoms with Crippen molar-refractivity contribution in [1.29, 1.82) is 0 Å². The second kappa shape index (κ2) is 20.3. The van der Waals surface area contributed by atoms with Crippen LogP contribution in [0.1, 0.15) is 116 Å². The first-order chi connectivity index (χ1) is 12.4. The molecule has 0 aromatic carbocycles. The summed E-state index contributed by atoms with van der Waals surface area (Å²) in [5.41, 5.74) is 0. The molecular formula is C20H40KO5S+. The molecule has 0 saturated heterocycles. The van der Waals surface area contributed by atoms with Crippen molar-refractivity contribution in [3.8, 4) is 0 Å². The van der Waals surface area contributed by atoms with Crippen molar-refractivity contribution >= 4 is 16.1 Å². The van der Waals surface area contributed by atoms with E-state index in [2.05, 4.69) is 6.92 Å². The average molecular weight is 432 g/mol. The third kappa shape index (κ3) is 20.1. The molecule has 1 atom stereocenters. The van der Waals surface area contributed by atoms with Gasteiger partial charge in [0.2, 0.25) is 0 Å². The molecule has 0 aliphatic heterocycles.